The highest BCUT2D eigenvalue weighted by molar-refractivity contribution is 6.37. The molecule has 3 N–H and O–H groups in total. The lowest BCUT2D eigenvalue weighted by Crippen LogP contribution is -3.15. The molecule has 162 valence electrons. The number of benzene rings is 2. The molecule has 0 bridgehead atoms. The first-order valence-electron chi connectivity index (χ1n) is 9.98. The topological polar surface area (TPSA) is 78.9 Å². The number of nitrogens with zero attached hydrogens (tertiary/aromatic N) is 1. The number of aromatic nitrogens is 1. The molecule has 7 nitrogen and oxygen atoms in total. The zero-order valence-electron chi connectivity index (χ0n) is 17.0. The van der Waals surface area contributed by atoms with Crippen LogP contribution in [0.1, 0.15) is 10.5 Å². The van der Waals surface area contributed by atoms with E-state index in [4.69, 9.17) is 27.9 Å². The predicted octanol–water partition coefficient (Wildman–Crippen LogP) is 2.60. The number of anilines is 2. The zero-order valence-corrected chi connectivity index (χ0v) is 18.5. The van der Waals surface area contributed by atoms with Gasteiger partial charge < -0.3 is 24.8 Å². The molecule has 1 amide bonds. The number of piperazine rings is 1. The van der Waals surface area contributed by atoms with Gasteiger partial charge in [-0.15, -0.1) is 0 Å². The van der Waals surface area contributed by atoms with E-state index in [1.807, 2.05) is 24.3 Å². The molecular weight excluding hydrogens is 439 g/mol. The molecule has 31 heavy (non-hydrogen) atoms. The third-order valence-corrected chi connectivity index (χ3v) is 6.07. The van der Waals surface area contributed by atoms with Gasteiger partial charge in [-0.2, -0.15) is 0 Å². The molecule has 4 rings (SSSR count). The van der Waals surface area contributed by atoms with Crippen molar-refractivity contribution >= 4 is 57.4 Å². The number of ether oxygens (including phenoxy) is 1. The number of amides is 1. The van der Waals surface area contributed by atoms with Crippen molar-refractivity contribution in [1.29, 1.82) is 0 Å². The number of methoxy groups -OCH3 is 1. The first-order chi connectivity index (χ1) is 15.0. The maximum atomic E-state index is 12.8. The van der Waals surface area contributed by atoms with Gasteiger partial charge in [-0.1, -0.05) is 29.3 Å². The number of nitrogens with one attached hydrogen (secondary N) is 3. The highest BCUT2D eigenvalue weighted by atomic mass is 35.5. The summed E-state index contributed by atoms with van der Waals surface area (Å²) in [5, 5.41) is 4.64. The molecule has 1 aliphatic rings. The van der Waals surface area contributed by atoms with Crippen molar-refractivity contribution in [2.24, 2.45) is 0 Å². The van der Waals surface area contributed by atoms with Gasteiger partial charge in [0.1, 0.15) is 5.69 Å². The molecule has 0 unspecified atom stereocenters. The van der Waals surface area contributed by atoms with Gasteiger partial charge in [0.2, 0.25) is 0 Å². The fraction of sp³-hybridized carbons (Fsp3) is 0.273. The second-order valence-electron chi connectivity index (χ2n) is 7.47. The molecule has 3 aromatic rings. The lowest BCUT2D eigenvalue weighted by atomic mass is 10.2. The maximum Gasteiger partial charge on any atom is 0.356 e. The Morgan fingerprint density at radius 1 is 1.13 bits per heavy atom. The van der Waals surface area contributed by atoms with Crippen molar-refractivity contribution in [3.05, 3.63) is 58.2 Å². The van der Waals surface area contributed by atoms with Crippen LogP contribution in [0.3, 0.4) is 0 Å². The molecule has 1 saturated heterocycles. The van der Waals surface area contributed by atoms with E-state index in [0.29, 0.717) is 33.2 Å². The quantitative estimate of drug-likeness (QED) is 0.510. The minimum absolute atomic E-state index is 0.180. The highest BCUT2D eigenvalue weighted by Gasteiger charge is 2.25. The Labute approximate surface area is 189 Å². The number of carbonyl (C=O) groups is 2. The highest BCUT2D eigenvalue weighted by Crippen LogP contribution is 2.33. The number of carbonyl (C=O) groups excluding carboxylic acids is 2. The molecule has 2 heterocycles. The Kier molecular flexibility index (Phi) is 6.36. The molecule has 1 fully saturated rings. The van der Waals surface area contributed by atoms with E-state index < -0.39 is 5.97 Å². The summed E-state index contributed by atoms with van der Waals surface area (Å²) >= 11 is 12.3. The van der Waals surface area contributed by atoms with Gasteiger partial charge >= 0.3 is 5.97 Å². The van der Waals surface area contributed by atoms with E-state index in [9.17, 15) is 9.59 Å². The van der Waals surface area contributed by atoms with Crippen LogP contribution in [0.4, 0.5) is 11.4 Å². The van der Waals surface area contributed by atoms with Crippen LogP contribution >= 0.6 is 23.2 Å². The van der Waals surface area contributed by atoms with Crippen LogP contribution in [0, 0.1) is 0 Å². The van der Waals surface area contributed by atoms with Crippen LogP contribution in [-0.2, 0) is 9.53 Å². The van der Waals surface area contributed by atoms with Crippen LogP contribution in [0.2, 0.25) is 10.0 Å². The fourth-order valence-electron chi connectivity index (χ4n) is 3.91. The summed E-state index contributed by atoms with van der Waals surface area (Å²) in [6.45, 7) is 3.64. The molecule has 0 aliphatic carbocycles. The third-order valence-electron chi connectivity index (χ3n) is 5.50. The first kappa shape index (κ1) is 21.5. The van der Waals surface area contributed by atoms with Gasteiger partial charge in [0.25, 0.3) is 5.91 Å². The van der Waals surface area contributed by atoms with Gasteiger partial charge in [-0.25, -0.2) is 4.79 Å². The van der Waals surface area contributed by atoms with Crippen molar-refractivity contribution in [2.45, 2.75) is 0 Å². The normalized spacial score (nSPS) is 14.6. The third kappa shape index (κ3) is 4.63. The molecular formula is C22H23Cl2N4O3+. The lowest BCUT2D eigenvalue weighted by molar-refractivity contribution is -0.892. The number of H-pyrrole nitrogens is 1. The number of esters is 1. The Morgan fingerprint density at radius 2 is 1.84 bits per heavy atom. The van der Waals surface area contributed by atoms with Crippen LogP contribution in [0.15, 0.2) is 42.5 Å². The summed E-state index contributed by atoms with van der Waals surface area (Å²) in [5.41, 5.74) is 2.33. The summed E-state index contributed by atoms with van der Waals surface area (Å²) in [6.07, 6.45) is 0. The number of quaternary nitrogens is 1. The summed E-state index contributed by atoms with van der Waals surface area (Å²) in [7, 11) is 1.30. The van der Waals surface area contributed by atoms with Crippen molar-refractivity contribution in [3.8, 4) is 0 Å². The molecule has 1 aliphatic heterocycles. The second-order valence-corrected chi connectivity index (χ2v) is 8.31. The van der Waals surface area contributed by atoms with Crippen molar-refractivity contribution in [3.63, 3.8) is 0 Å². The van der Waals surface area contributed by atoms with E-state index >= 15 is 0 Å². The lowest BCUT2D eigenvalue weighted by Gasteiger charge is -2.33. The zero-order chi connectivity index (χ0) is 22.0. The van der Waals surface area contributed by atoms with Gasteiger partial charge in [-0.05, 0) is 36.4 Å². The van der Waals surface area contributed by atoms with E-state index in [2.05, 4.69) is 15.2 Å². The molecule has 1 aromatic heterocycles. The minimum atomic E-state index is -0.563. The number of rotatable bonds is 5. The Bertz CT molecular complexity index is 1110. The molecule has 9 heteroatoms. The Hall–Kier alpha value is -2.74. The van der Waals surface area contributed by atoms with Crippen LogP contribution < -0.4 is 15.1 Å². The van der Waals surface area contributed by atoms with Crippen LogP contribution in [0.5, 0.6) is 0 Å². The van der Waals surface area contributed by atoms with E-state index in [0.717, 1.165) is 31.9 Å². The van der Waals surface area contributed by atoms with Gasteiger partial charge in [-0.3, -0.25) is 4.79 Å². The number of aromatic amines is 1. The van der Waals surface area contributed by atoms with E-state index in [1.165, 1.54) is 12.0 Å². The Balaban J connectivity index is 1.43. The second kappa shape index (κ2) is 9.18. The fourth-order valence-corrected chi connectivity index (χ4v) is 4.30. The van der Waals surface area contributed by atoms with Crippen molar-refractivity contribution in [2.75, 3.05) is 50.1 Å². The maximum absolute atomic E-state index is 12.8. The van der Waals surface area contributed by atoms with E-state index in [1.54, 1.807) is 18.2 Å². The summed E-state index contributed by atoms with van der Waals surface area (Å²) in [5.74, 6) is -0.743. The minimum Gasteiger partial charge on any atom is -0.464 e. The number of hydrogen-bond donors (Lipinski definition) is 3. The molecule has 0 saturated carbocycles. The van der Waals surface area contributed by atoms with Gasteiger partial charge in [0, 0.05) is 21.6 Å². The number of fused-ring (bicyclic) bond motifs is 1. The van der Waals surface area contributed by atoms with Crippen molar-refractivity contribution in [1.82, 2.24) is 4.98 Å². The van der Waals surface area contributed by atoms with Crippen LogP contribution in [0.25, 0.3) is 10.9 Å². The average molecular weight is 462 g/mol. The van der Waals surface area contributed by atoms with E-state index in [-0.39, 0.29) is 11.6 Å². The largest absolute Gasteiger partial charge is 0.464 e. The average Bonchev–Trinajstić information content (AvgIpc) is 3.14. The monoisotopic (exact) mass is 461 g/mol. The smallest absolute Gasteiger partial charge is 0.356 e. The van der Waals surface area contributed by atoms with Gasteiger partial charge in [0.05, 0.1) is 44.0 Å². The predicted molar refractivity (Wildman–Crippen MR) is 123 cm³/mol. The van der Waals surface area contributed by atoms with Crippen LogP contribution in [-0.4, -0.2) is 56.7 Å². The van der Waals surface area contributed by atoms with Crippen molar-refractivity contribution < 1.29 is 19.2 Å². The van der Waals surface area contributed by atoms with Gasteiger partial charge in [0.15, 0.2) is 6.54 Å². The first-order valence-corrected chi connectivity index (χ1v) is 10.7. The molecule has 2 aromatic carbocycles. The summed E-state index contributed by atoms with van der Waals surface area (Å²) < 4.78 is 4.86. The number of halogens is 2. The Morgan fingerprint density at radius 3 is 2.52 bits per heavy atom. The summed E-state index contributed by atoms with van der Waals surface area (Å²) in [6, 6.07) is 13.1. The molecule has 0 radical (unpaired) electrons. The molecule has 0 atom stereocenters. The SMILES string of the molecule is COC(=O)c1[nH]c2cccc(Cl)c2c1NC(=O)C[NH+]1CCN(c2ccc(Cl)cc2)CC1. The standard InChI is InChI=1S/C22H22Cl2N4O3/c1-31-22(30)21-20(19-16(24)3-2-4-17(19)25-21)26-18(29)13-27-9-11-28(12-10-27)15-7-5-14(23)6-8-15/h2-8,25H,9-13H2,1H3,(H,26,29)/p+1. The summed E-state index contributed by atoms with van der Waals surface area (Å²) in [4.78, 5) is 31.5. The molecule has 0 spiro atoms. The number of hydrogen-bond acceptors (Lipinski definition) is 4.